The van der Waals surface area contributed by atoms with E-state index in [1.54, 1.807) is 0 Å². The van der Waals surface area contributed by atoms with E-state index in [0.29, 0.717) is 5.56 Å². The van der Waals surface area contributed by atoms with Crippen LogP contribution in [0, 0.1) is 10.1 Å². The SMILES string of the molecule is C=C(c1ccc([N+](=O)[O-])cc1)P(=O)(OC)OC. The van der Waals surface area contributed by atoms with E-state index in [4.69, 9.17) is 9.05 Å². The maximum Gasteiger partial charge on any atom is 0.360 e. The average molecular weight is 257 g/mol. The van der Waals surface area contributed by atoms with Crippen LogP contribution >= 0.6 is 7.60 Å². The van der Waals surface area contributed by atoms with E-state index < -0.39 is 12.5 Å². The van der Waals surface area contributed by atoms with Crippen molar-refractivity contribution in [3.8, 4) is 0 Å². The molecule has 0 aliphatic carbocycles. The minimum absolute atomic E-state index is 0.0498. The first-order valence-electron chi connectivity index (χ1n) is 4.60. The number of nitro groups is 1. The second kappa shape index (κ2) is 5.23. The van der Waals surface area contributed by atoms with Crippen molar-refractivity contribution in [3.63, 3.8) is 0 Å². The summed E-state index contributed by atoms with van der Waals surface area (Å²) in [5.41, 5.74) is 0.425. The van der Waals surface area contributed by atoms with Gasteiger partial charge in [-0.2, -0.15) is 0 Å². The minimum atomic E-state index is -3.40. The number of rotatable bonds is 5. The Hall–Kier alpha value is -1.49. The van der Waals surface area contributed by atoms with Crippen molar-refractivity contribution in [2.75, 3.05) is 14.2 Å². The summed E-state index contributed by atoms with van der Waals surface area (Å²) in [5, 5.41) is 10.6. The summed E-state index contributed by atoms with van der Waals surface area (Å²) in [6.07, 6.45) is 0. The van der Waals surface area contributed by atoms with Crippen molar-refractivity contribution in [2.24, 2.45) is 0 Å². The van der Waals surface area contributed by atoms with Crippen LogP contribution in [0.1, 0.15) is 5.56 Å². The first kappa shape index (κ1) is 13.6. The molecule has 0 fully saturated rings. The molecule has 0 aliphatic heterocycles. The molecule has 0 bridgehead atoms. The molecule has 1 aromatic rings. The molecule has 0 unspecified atom stereocenters. The van der Waals surface area contributed by atoms with Gasteiger partial charge in [0.15, 0.2) is 0 Å². The van der Waals surface area contributed by atoms with Gasteiger partial charge >= 0.3 is 7.60 Å². The molecule has 0 aromatic heterocycles. The Labute approximate surface area is 98.5 Å². The number of hydrogen-bond acceptors (Lipinski definition) is 5. The maximum atomic E-state index is 12.0. The van der Waals surface area contributed by atoms with E-state index >= 15 is 0 Å². The topological polar surface area (TPSA) is 78.7 Å². The quantitative estimate of drug-likeness (QED) is 0.460. The number of nitro benzene ring substituents is 1. The summed E-state index contributed by atoms with van der Waals surface area (Å²) in [6, 6.07) is 5.50. The van der Waals surface area contributed by atoms with Crippen LogP contribution in [0.5, 0.6) is 0 Å². The number of benzene rings is 1. The highest BCUT2D eigenvalue weighted by Gasteiger charge is 2.27. The van der Waals surface area contributed by atoms with Gasteiger partial charge in [-0.3, -0.25) is 14.7 Å². The molecule has 0 radical (unpaired) electrons. The number of hydrogen-bond donors (Lipinski definition) is 0. The molecule has 0 heterocycles. The first-order valence-corrected chi connectivity index (χ1v) is 6.14. The lowest BCUT2D eigenvalue weighted by Gasteiger charge is -2.15. The third-order valence-corrected chi connectivity index (χ3v) is 4.10. The van der Waals surface area contributed by atoms with E-state index in [0.717, 1.165) is 0 Å². The zero-order valence-corrected chi connectivity index (χ0v) is 10.3. The predicted octanol–water partition coefficient (Wildman–Crippen LogP) is 3.05. The molecule has 1 rings (SSSR count). The Morgan fingerprint density at radius 3 is 2.12 bits per heavy atom. The monoisotopic (exact) mass is 257 g/mol. The predicted molar refractivity (Wildman–Crippen MR) is 63.8 cm³/mol. The van der Waals surface area contributed by atoms with Gasteiger partial charge in [0.1, 0.15) is 0 Å². The van der Waals surface area contributed by atoms with Crippen molar-refractivity contribution in [2.45, 2.75) is 0 Å². The summed E-state index contributed by atoms with van der Waals surface area (Å²) in [6.45, 7) is 3.63. The number of non-ortho nitro benzene ring substituents is 1. The molecule has 17 heavy (non-hydrogen) atoms. The fraction of sp³-hybridized carbons (Fsp3) is 0.200. The van der Waals surface area contributed by atoms with Crippen molar-refractivity contribution in [1.82, 2.24) is 0 Å². The molecule has 92 valence electrons. The normalized spacial score (nSPS) is 11.2. The summed E-state index contributed by atoms with van der Waals surface area (Å²) in [7, 11) is -0.896. The lowest BCUT2D eigenvalue weighted by atomic mass is 10.2. The highest BCUT2D eigenvalue weighted by Crippen LogP contribution is 2.58. The molecule has 0 amide bonds. The zero-order valence-electron chi connectivity index (χ0n) is 9.45. The van der Waals surface area contributed by atoms with E-state index in [1.807, 2.05) is 0 Å². The molecule has 6 nitrogen and oxygen atoms in total. The van der Waals surface area contributed by atoms with Crippen molar-refractivity contribution < 1.29 is 18.5 Å². The summed E-state index contributed by atoms with van der Waals surface area (Å²) in [5.74, 6) is 0. The van der Waals surface area contributed by atoms with Crippen LogP contribution in [-0.4, -0.2) is 19.1 Å². The Bertz CT molecular complexity index is 474. The maximum absolute atomic E-state index is 12.0. The fourth-order valence-corrected chi connectivity index (χ4v) is 2.28. The molecular weight excluding hydrogens is 245 g/mol. The van der Waals surface area contributed by atoms with Gasteiger partial charge in [0.2, 0.25) is 0 Å². The van der Waals surface area contributed by atoms with Crippen molar-refractivity contribution in [3.05, 3.63) is 46.5 Å². The summed E-state index contributed by atoms with van der Waals surface area (Å²) >= 11 is 0. The Kier molecular flexibility index (Phi) is 4.17. The van der Waals surface area contributed by atoms with Gasteiger partial charge in [-0.15, -0.1) is 0 Å². The molecule has 0 aliphatic rings. The van der Waals surface area contributed by atoms with Gasteiger partial charge in [0.05, 0.1) is 10.2 Å². The minimum Gasteiger partial charge on any atom is -0.309 e. The van der Waals surface area contributed by atoms with E-state index in [1.165, 1.54) is 38.5 Å². The van der Waals surface area contributed by atoms with Gasteiger partial charge in [-0.25, -0.2) is 0 Å². The van der Waals surface area contributed by atoms with Crippen LogP contribution in [0.4, 0.5) is 5.69 Å². The second-order valence-electron chi connectivity index (χ2n) is 3.11. The third kappa shape index (κ3) is 2.79. The lowest BCUT2D eigenvalue weighted by molar-refractivity contribution is -0.384. The Morgan fingerprint density at radius 2 is 1.76 bits per heavy atom. The average Bonchev–Trinajstić information content (AvgIpc) is 2.37. The molecule has 0 saturated carbocycles. The zero-order chi connectivity index (χ0) is 13.1. The van der Waals surface area contributed by atoms with Gasteiger partial charge < -0.3 is 9.05 Å². The Morgan fingerprint density at radius 1 is 1.29 bits per heavy atom. The second-order valence-corrected chi connectivity index (χ2v) is 5.38. The van der Waals surface area contributed by atoms with E-state index in [-0.39, 0.29) is 11.0 Å². The van der Waals surface area contributed by atoms with Crippen LogP contribution in [0.25, 0.3) is 5.31 Å². The highest BCUT2D eigenvalue weighted by molar-refractivity contribution is 7.65. The number of nitrogens with zero attached hydrogens (tertiary/aromatic N) is 1. The Balaban J connectivity index is 3.06. The fourth-order valence-electron chi connectivity index (χ4n) is 1.23. The highest BCUT2D eigenvalue weighted by atomic mass is 31.2. The van der Waals surface area contributed by atoms with Crippen LogP contribution in [-0.2, 0) is 13.6 Å². The van der Waals surface area contributed by atoms with E-state index in [9.17, 15) is 14.7 Å². The van der Waals surface area contributed by atoms with Crippen molar-refractivity contribution >= 4 is 18.6 Å². The van der Waals surface area contributed by atoms with Crippen LogP contribution in [0.15, 0.2) is 30.8 Å². The van der Waals surface area contributed by atoms with Gasteiger partial charge in [-0.1, -0.05) is 6.58 Å². The van der Waals surface area contributed by atoms with E-state index in [2.05, 4.69) is 6.58 Å². The molecule has 0 saturated heterocycles. The largest absolute Gasteiger partial charge is 0.360 e. The first-order chi connectivity index (χ1) is 7.94. The van der Waals surface area contributed by atoms with Crippen LogP contribution in [0.3, 0.4) is 0 Å². The molecule has 0 atom stereocenters. The van der Waals surface area contributed by atoms with Gasteiger partial charge in [0, 0.05) is 26.4 Å². The summed E-state index contributed by atoms with van der Waals surface area (Å²) < 4.78 is 21.6. The standard InChI is InChI=1S/C10H12NO5P/c1-8(17(14,15-2)16-3)9-4-6-10(7-5-9)11(12)13/h4-7H,1H2,2-3H3. The summed E-state index contributed by atoms with van der Waals surface area (Å²) in [4.78, 5) is 9.96. The van der Waals surface area contributed by atoms with Gasteiger partial charge in [0.25, 0.3) is 5.69 Å². The van der Waals surface area contributed by atoms with Crippen LogP contribution in [0.2, 0.25) is 0 Å². The van der Waals surface area contributed by atoms with Crippen LogP contribution < -0.4 is 0 Å². The molecule has 0 spiro atoms. The smallest absolute Gasteiger partial charge is 0.309 e. The van der Waals surface area contributed by atoms with Gasteiger partial charge in [-0.05, 0) is 17.7 Å². The van der Waals surface area contributed by atoms with Crippen molar-refractivity contribution in [1.29, 1.82) is 0 Å². The molecule has 1 aromatic carbocycles. The molecular formula is C10H12NO5P. The third-order valence-electron chi connectivity index (χ3n) is 2.22. The molecule has 7 heteroatoms. The lowest BCUT2D eigenvalue weighted by Crippen LogP contribution is -1.93. The molecule has 0 N–H and O–H groups in total.